The predicted octanol–water partition coefficient (Wildman–Crippen LogP) is 1.60. The highest BCUT2D eigenvalue weighted by Crippen LogP contribution is 1.94. The van der Waals surface area contributed by atoms with Crippen LogP contribution in [0.3, 0.4) is 0 Å². The molecule has 0 radical (unpaired) electrons. The monoisotopic (exact) mass is 135 g/mol. The second-order valence-corrected chi connectivity index (χ2v) is 2.00. The second kappa shape index (κ2) is 3.83. The van der Waals surface area contributed by atoms with Crippen LogP contribution in [0, 0.1) is 7.43 Å². The van der Waals surface area contributed by atoms with E-state index in [9.17, 15) is 0 Å². The first kappa shape index (κ1) is 8.89. The zero-order valence-electron chi connectivity index (χ0n) is 6.54. The van der Waals surface area contributed by atoms with E-state index in [0.29, 0.717) is 0 Å². The van der Waals surface area contributed by atoms with Crippen LogP contribution in [0.5, 0.6) is 0 Å². The van der Waals surface area contributed by atoms with Crippen molar-refractivity contribution in [2.75, 3.05) is 0 Å². The summed E-state index contributed by atoms with van der Waals surface area (Å²) in [5, 5.41) is 0. The molecule has 0 aromatic carbocycles. The first-order valence-corrected chi connectivity index (χ1v) is 2.90. The highest BCUT2D eigenvalue weighted by molar-refractivity contribution is 5.44. The van der Waals surface area contributed by atoms with Crippen molar-refractivity contribution in [1.29, 1.82) is 0 Å². The lowest BCUT2D eigenvalue weighted by Gasteiger charge is -1.86. The fourth-order valence-corrected chi connectivity index (χ4v) is 0.649. The minimum atomic E-state index is 0. The van der Waals surface area contributed by atoms with Gasteiger partial charge < -0.3 is 7.43 Å². The molecule has 0 fully saturated rings. The van der Waals surface area contributed by atoms with Gasteiger partial charge in [-0.3, -0.25) is 0 Å². The van der Waals surface area contributed by atoms with Gasteiger partial charge in [0, 0.05) is 12.1 Å². The molecule has 0 spiro atoms. The standard InChI is InChI=1S/C8H10N.CH3/c1-3-8-4-6-9(2)7-5-8;/h3-7H,1H2,2H3;1H3/q+1;-1. The topological polar surface area (TPSA) is 3.88 Å². The Morgan fingerprint density at radius 3 is 2.30 bits per heavy atom. The first-order chi connectivity index (χ1) is 4.33. The average molecular weight is 135 g/mol. The summed E-state index contributed by atoms with van der Waals surface area (Å²) in [5.74, 6) is 0. The van der Waals surface area contributed by atoms with Crippen LogP contribution < -0.4 is 4.57 Å². The number of nitrogens with zero attached hydrogens (tertiary/aromatic N) is 1. The third-order valence-corrected chi connectivity index (χ3v) is 1.24. The lowest BCUT2D eigenvalue weighted by atomic mass is 10.3. The van der Waals surface area contributed by atoms with Gasteiger partial charge in [0.25, 0.3) is 0 Å². The van der Waals surface area contributed by atoms with E-state index < -0.39 is 0 Å². The van der Waals surface area contributed by atoms with Crippen molar-refractivity contribution in [3.8, 4) is 0 Å². The second-order valence-electron chi connectivity index (χ2n) is 2.00. The Bertz CT molecular complexity index is 198. The predicted molar refractivity (Wildman–Crippen MR) is 44.1 cm³/mol. The molecule has 0 N–H and O–H groups in total. The Balaban J connectivity index is 0.000000810. The van der Waals surface area contributed by atoms with Crippen LogP contribution in [-0.4, -0.2) is 0 Å². The van der Waals surface area contributed by atoms with Crippen molar-refractivity contribution in [2.24, 2.45) is 7.05 Å². The van der Waals surface area contributed by atoms with Crippen LogP contribution in [0.15, 0.2) is 31.1 Å². The minimum absolute atomic E-state index is 0. The van der Waals surface area contributed by atoms with Gasteiger partial charge in [0.1, 0.15) is 7.05 Å². The van der Waals surface area contributed by atoms with Gasteiger partial charge in [-0.05, 0) is 5.56 Å². The van der Waals surface area contributed by atoms with E-state index >= 15 is 0 Å². The number of rotatable bonds is 1. The summed E-state index contributed by atoms with van der Waals surface area (Å²) < 4.78 is 1.99. The third-order valence-electron chi connectivity index (χ3n) is 1.24. The van der Waals surface area contributed by atoms with Gasteiger partial charge in [-0.25, -0.2) is 4.57 Å². The van der Waals surface area contributed by atoms with E-state index in [0.717, 1.165) is 5.56 Å². The maximum atomic E-state index is 3.65. The molecule has 0 unspecified atom stereocenters. The van der Waals surface area contributed by atoms with Gasteiger partial charge >= 0.3 is 0 Å². The van der Waals surface area contributed by atoms with Crippen molar-refractivity contribution in [3.63, 3.8) is 0 Å². The van der Waals surface area contributed by atoms with Gasteiger partial charge in [0.15, 0.2) is 12.4 Å². The highest BCUT2D eigenvalue weighted by Gasteiger charge is 1.87. The normalized spacial score (nSPS) is 8.10. The van der Waals surface area contributed by atoms with E-state index in [1.807, 2.05) is 42.2 Å². The summed E-state index contributed by atoms with van der Waals surface area (Å²) in [6.07, 6.45) is 5.83. The first-order valence-electron chi connectivity index (χ1n) is 2.90. The van der Waals surface area contributed by atoms with E-state index in [2.05, 4.69) is 6.58 Å². The van der Waals surface area contributed by atoms with Crippen molar-refractivity contribution >= 4 is 6.08 Å². The maximum absolute atomic E-state index is 3.65. The molecule has 0 saturated carbocycles. The fraction of sp³-hybridized carbons (Fsp3) is 0.111. The molecule has 0 aliphatic rings. The van der Waals surface area contributed by atoms with Crippen LogP contribution in [-0.2, 0) is 7.05 Å². The van der Waals surface area contributed by atoms with Gasteiger partial charge in [0.05, 0.1) is 0 Å². The summed E-state index contributed by atoms with van der Waals surface area (Å²) in [5.41, 5.74) is 1.16. The Kier molecular flexibility index (Phi) is 3.40. The summed E-state index contributed by atoms with van der Waals surface area (Å²) in [6.45, 7) is 3.65. The average Bonchev–Trinajstić information content (AvgIpc) is 1.90. The zero-order valence-corrected chi connectivity index (χ0v) is 6.54. The van der Waals surface area contributed by atoms with Crippen molar-refractivity contribution < 1.29 is 4.57 Å². The molecular weight excluding hydrogens is 122 g/mol. The SMILES string of the molecule is C=Cc1cc[n+](C)cc1.[CH3-]. The van der Waals surface area contributed by atoms with Gasteiger partial charge in [-0.2, -0.15) is 0 Å². The minimum Gasteiger partial charge on any atom is -0.358 e. The molecule has 1 aromatic rings. The molecule has 1 aromatic heterocycles. The fourth-order valence-electron chi connectivity index (χ4n) is 0.649. The molecule has 0 saturated heterocycles. The van der Waals surface area contributed by atoms with E-state index in [4.69, 9.17) is 0 Å². The Morgan fingerprint density at radius 1 is 1.40 bits per heavy atom. The molecule has 1 nitrogen and oxygen atoms in total. The lowest BCUT2D eigenvalue weighted by Crippen LogP contribution is -2.25. The van der Waals surface area contributed by atoms with Gasteiger partial charge in [-0.15, -0.1) is 0 Å². The molecular formula is C9H13N. The molecule has 10 heavy (non-hydrogen) atoms. The zero-order chi connectivity index (χ0) is 6.69. The summed E-state index contributed by atoms with van der Waals surface area (Å²) in [4.78, 5) is 0. The maximum Gasteiger partial charge on any atom is 0.169 e. The summed E-state index contributed by atoms with van der Waals surface area (Å²) in [6, 6.07) is 4.04. The van der Waals surface area contributed by atoms with Crippen molar-refractivity contribution in [1.82, 2.24) is 0 Å². The lowest BCUT2D eigenvalue weighted by molar-refractivity contribution is -0.671. The number of hydrogen-bond acceptors (Lipinski definition) is 0. The van der Waals surface area contributed by atoms with E-state index in [1.54, 1.807) is 0 Å². The van der Waals surface area contributed by atoms with E-state index in [-0.39, 0.29) is 7.43 Å². The molecule has 1 heterocycles. The van der Waals surface area contributed by atoms with Crippen molar-refractivity contribution in [3.05, 3.63) is 44.1 Å². The summed E-state index contributed by atoms with van der Waals surface area (Å²) >= 11 is 0. The largest absolute Gasteiger partial charge is 0.358 e. The van der Waals surface area contributed by atoms with Crippen molar-refractivity contribution in [2.45, 2.75) is 0 Å². The molecule has 0 atom stereocenters. The number of pyridine rings is 1. The molecule has 0 amide bonds. The highest BCUT2D eigenvalue weighted by atomic mass is 14.9. The third kappa shape index (κ3) is 2.02. The molecule has 1 rings (SSSR count). The van der Waals surface area contributed by atoms with E-state index in [1.165, 1.54) is 0 Å². The molecule has 0 aliphatic carbocycles. The van der Waals surface area contributed by atoms with Gasteiger partial charge in [-0.1, -0.05) is 12.7 Å². The molecule has 1 heteroatoms. The molecule has 0 bridgehead atoms. The van der Waals surface area contributed by atoms with Crippen LogP contribution in [0.2, 0.25) is 0 Å². The van der Waals surface area contributed by atoms with Gasteiger partial charge in [0.2, 0.25) is 0 Å². The Labute approximate surface area is 62.6 Å². The Hall–Kier alpha value is -1.11. The van der Waals surface area contributed by atoms with Crippen LogP contribution in [0.4, 0.5) is 0 Å². The smallest absolute Gasteiger partial charge is 0.169 e. The molecule has 54 valence electrons. The number of hydrogen-bond donors (Lipinski definition) is 0. The van der Waals surface area contributed by atoms with Crippen LogP contribution in [0.1, 0.15) is 5.56 Å². The van der Waals surface area contributed by atoms with Crippen LogP contribution >= 0.6 is 0 Å². The quantitative estimate of drug-likeness (QED) is 0.407. The molecule has 0 aliphatic heterocycles. The summed E-state index contributed by atoms with van der Waals surface area (Å²) in [7, 11) is 1.99. The van der Waals surface area contributed by atoms with Crippen LogP contribution in [0.25, 0.3) is 6.08 Å². The number of aryl methyl sites for hydroxylation is 1. The number of aromatic nitrogens is 1. The Morgan fingerprint density at radius 2 is 1.90 bits per heavy atom.